The smallest absolute Gasteiger partial charge is 0.292 e. The van der Waals surface area contributed by atoms with Crippen molar-refractivity contribution in [3.8, 4) is 0 Å². The van der Waals surface area contributed by atoms with Crippen molar-refractivity contribution in [2.45, 2.75) is 20.4 Å². The van der Waals surface area contributed by atoms with Crippen molar-refractivity contribution >= 4 is 11.4 Å². The van der Waals surface area contributed by atoms with Gasteiger partial charge in [-0.2, -0.15) is 0 Å². The number of anilines is 1. The summed E-state index contributed by atoms with van der Waals surface area (Å²) in [4.78, 5) is 26.4. The van der Waals surface area contributed by atoms with Crippen LogP contribution in [0.3, 0.4) is 0 Å². The number of aryl methyl sites for hydroxylation is 1. The number of aromatic nitrogens is 2. The molecule has 7 heteroatoms. The molecule has 1 aromatic heterocycles. The zero-order valence-electron chi connectivity index (χ0n) is 11.9. The average molecular weight is 288 g/mol. The number of nitro groups is 1. The second-order valence-electron chi connectivity index (χ2n) is 4.64. The molecule has 2 aromatic rings. The van der Waals surface area contributed by atoms with Crippen LogP contribution in [-0.4, -0.2) is 21.0 Å². The van der Waals surface area contributed by atoms with Crippen molar-refractivity contribution < 1.29 is 4.92 Å². The van der Waals surface area contributed by atoms with Gasteiger partial charge in [-0.05, 0) is 25.5 Å². The van der Waals surface area contributed by atoms with Gasteiger partial charge in [-0.25, -0.2) is 4.98 Å². The Kier molecular flexibility index (Phi) is 4.32. The Labute approximate surface area is 121 Å². The molecule has 7 nitrogen and oxygen atoms in total. The molecule has 0 fully saturated rings. The predicted octanol–water partition coefficient (Wildman–Crippen LogP) is 1.94. The molecular weight excluding hydrogens is 272 g/mol. The van der Waals surface area contributed by atoms with Crippen LogP contribution in [0.4, 0.5) is 11.4 Å². The summed E-state index contributed by atoms with van der Waals surface area (Å²) in [6.45, 7) is 4.52. The first-order valence-corrected chi connectivity index (χ1v) is 6.55. The molecule has 0 saturated heterocycles. The third-order valence-electron chi connectivity index (χ3n) is 2.99. The molecule has 0 bridgehead atoms. The molecule has 21 heavy (non-hydrogen) atoms. The quantitative estimate of drug-likeness (QED) is 0.670. The van der Waals surface area contributed by atoms with Crippen LogP contribution >= 0.6 is 0 Å². The van der Waals surface area contributed by atoms with E-state index >= 15 is 0 Å². The van der Waals surface area contributed by atoms with Crippen molar-refractivity contribution in [1.29, 1.82) is 0 Å². The number of nitrogens with zero attached hydrogens (tertiary/aromatic N) is 3. The van der Waals surface area contributed by atoms with E-state index in [4.69, 9.17) is 0 Å². The molecule has 2 rings (SSSR count). The minimum Gasteiger partial charge on any atom is -0.380 e. The van der Waals surface area contributed by atoms with Crippen LogP contribution in [0.1, 0.15) is 18.2 Å². The number of nitro benzene ring substituents is 1. The van der Waals surface area contributed by atoms with Crippen molar-refractivity contribution in [2.24, 2.45) is 0 Å². The van der Waals surface area contributed by atoms with E-state index in [1.54, 1.807) is 19.1 Å². The van der Waals surface area contributed by atoms with Crippen LogP contribution in [0.15, 0.2) is 35.4 Å². The van der Waals surface area contributed by atoms with Crippen LogP contribution in [0.25, 0.3) is 0 Å². The molecular formula is C14H16N4O3. The van der Waals surface area contributed by atoms with Gasteiger partial charge in [-0.3, -0.25) is 19.5 Å². The SMILES string of the molecule is CCNc1cc(Cn2cnc(C)cc2=O)ccc1[N+](=O)[O-]. The van der Waals surface area contributed by atoms with E-state index in [9.17, 15) is 14.9 Å². The number of rotatable bonds is 5. The van der Waals surface area contributed by atoms with E-state index in [0.717, 1.165) is 5.56 Å². The van der Waals surface area contributed by atoms with Crippen molar-refractivity contribution in [3.05, 3.63) is 62.3 Å². The molecule has 0 saturated carbocycles. The lowest BCUT2D eigenvalue weighted by atomic mass is 10.1. The molecule has 0 atom stereocenters. The van der Waals surface area contributed by atoms with Gasteiger partial charge in [0.05, 0.1) is 17.8 Å². The van der Waals surface area contributed by atoms with E-state index in [0.29, 0.717) is 24.5 Å². The summed E-state index contributed by atoms with van der Waals surface area (Å²) in [6, 6.07) is 6.23. The second-order valence-corrected chi connectivity index (χ2v) is 4.64. The topological polar surface area (TPSA) is 90.1 Å². The molecule has 0 unspecified atom stereocenters. The Morgan fingerprint density at radius 2 is 2.14 bits per heavy atom. The summed E-state index contributed by atoms with van der Waals surface area (Å²) in [5.74, 6) is 0. The summed E-state index contributed by atoms with van der Waals surface area (Å²) < 4.78 is 1.46. The zero-order valence-corrected chi connectivity index (χ0v) is 11.9. The zero-order chi connectivity index (χ0) is 15.4. The van der Waals surface area contributed by atoms with Crippen LogP contribution in [0, 0.1) is 17.0 Å². The highest BCUT2D eigenvalue weighted by Crippen LogP contribution is 2.25. The van der Waals surface area contributed by atoms with Gasteiger partial charge < -0.3 is 5.32 Å². The molecule has 1 heterocycles. The number of benzene rings is 1. The molecule has 0 radical (unpaired) electrons. The maximum atomic E-state index is 11.8. The fourth-order valence-corrected chi connectivity index (χ4v) is 2.00. The van der Waals surface area contributed by atoms with Crippen LogP contribution < -0.4 is 10.9 Å². The second kappa shape index (κ2) is 6.17. The number of hydrogen-bond donors (Lipinski definition) is 1. The average Bonchev–Trinajstić information content (AvgIpc) is 2.42. The van der Waals surface area contributed by atoms with Crippen molar-refractivity contribution in [1.82, 2.24) is 9.55 Å². The van der Waals surface area contributed by atoms with Gasteiger partial charge in [0.15, 0.2) is 0 Å². The number of nitrogens with one attached hydrogen (secondary N) is 1. The Morgan fingerprint density at radius 1 is 1.38 bits per heavy atom. The summed E-state index contributed by atoms with van der Waals surface area (Å²) in [6.07, 6.45) is 1.48. The van der Waals surface area contributed by atoms with Gasteiger partial charge in [0.25, 0.3) is 11.2 Å². The molecule has 1 aromatic carbocycles. The van der Waals surface area contributed by atoms with Crippen molar-refractivity contribution in [2.75, 3.05) is 11.9 Å². The maximum absolute atomic E-state index is 11.8. The lowest BCUT2D eigenvalue weighted by Crippen LogP contribution is -2.20. The maximum Gasteiger partial charge on any atom is 0.292 e. The molecule has 110 valence electrons. The van der Waals surface area contributed by atoms with Crippen LogP contribution in [-0.2, 0) is 6.54 Å². The van der Waals surface area contributed by atoms with E-state index in [1.807, 2.05) is 6.92 Å². The Balaban J connectivity index is 2.34. The first-order valence-electron chi connectivity index (χ1n) is 6.55. The largest absolute Gasteiger partial charge is 0.380 e. The van der Waals surface area contributed by atoms with Gasteiger partial charge in [0, 0.05) is 24.4 Å². The summed E-state index contributed by atoms with van der Waals surface area (Å²) in [7, 11) is 0. The fraction of sp³-hybridized carbons (Fsp3) is 0.286. The lowest BCUT2D eigenvalue weighted by Gasteiger charge is -2.09. The van der Waals surface area contributed by atoms with Crippen molar-refractivity contribution in [3.63, 3.8) is 0 Å². The van der Waals surface area contributed by atoms with Crippen LogP contribution in [0.2, 0.25) is 0 Å². The predicted molar refractivity (Wildman–Crippen MR) is 79.6 cm³/mol. The Bertz CT molecular complexity index is 724. The summed E-state index contributed by atoms with van der Waals surface area (Å²) in [5, 5.41) is 13.9. The molecule has 0 aliphatic rings. The molecule has 0 amide bonds. The van der Waals surface area contributed by atoms with Gasteiger partial charge in [0.2, 0.25) is 0 Å². The standard InChI is InChI=1S/C14H16N4O3/c1-3-15-12-7-11(4-5-13(12)18(20)21)8-17-9-16-10(2)6-14(17)19/h4-7,9,15H,3,8H2,1-2H3. The van der Waals surface area contributed by atoms with E-state index in [-0.39, 0.29) is 11.2 Å². The fourth-order valence-electron chi connectivity index (χ4n) is 2.00. The lowest BCUT2D eigenvalue weighted by molar-refractivity contribution is -0.384. The molecule has 0 spiro atoms. The Hall–Kier alpha value is -2.70. The van der Waals surface area contributed by atoms with Crippen LogP contribution in [0.5, 0.6) is 0 Å². The van der Waals surface area contributed by atoms with E-state index in [2.05, 4.69) is 10.3 Å². The van der Waals surface area contributed by atoms with Gasteiger partial charge in [0.1, 0.15) is 5.69 Å². The molecule has 1 N–H and O–H groups in total. The normalized spacial score (nSPS) is 10.4. The first kappa shape index (κ1) is 14.7. The first-order chi connectivity index (χ1) is 10.0. The summed E-state index contributed by atoms with van der Waals surface area (Å²) in [5.41, 5.74) is 1.78. The monoisotopic (exact) mass is 288 g/mol. The van der Waals surface area contributed by atoms with E-state index in [1.165, 1.54) is 23.0 Å². The highest BCUT2D eigenvalue weighted by Gasteiger charge is 2.13. The molecule has 0 aliphatic carbocycles. The molecule has 0 aliphatic heterocycles. The highest BCUT2D eigenvalue weighted by atomic mass is 16.6. The minimum absolute atomic E-state index is 0.0231. The van der Waals surface area contributed by atoms with Gasteiger partial charge in [-0.15, -0.1) is 0 Å². The highest BCUT2D eigenvalue weighted by molar-refractivity contribution is 5.62. The van der Waals surface area contributed by atoms with Gasteiger partial charge >= 0.3 is 0 Å². The van der Waals surface area contributed by atoms with E-state index < -0.39 is 4.92 Å². The Morgan fingerprint density at radius 3 is 2.76 bits per heavy atom. The summed E-state index contributed by atoms with van der Waals surface area (Å²) >= 11 is 0. The van der Waals surface area contributed by atoms with Gasteiger partial charge in [-0.1, -0.05) is 6.07 Å². The minimum atomic E-state index is -0.429. The third kappa shape index (κ3) is 3.44. The third-order valence-corrected chi connectivity index (χ3v) is 2.99. The number of hydrogen-bond acceptors (Lipinski definition) is 5.